The van der Waals surface area contributed by atoms with Crippen LogP contribution in [-0.4, -0.2) is 23.7 Å². The van der Waals surface area contributed by atoms with Crippen LogP contribution in [0.3, 0.4) is 0 Å². The van der Waals surface area contributed by atoms with Crippen LogP contribution in [0, 0.1) is 0 Å². The normalized spacial score (nSPS) is 11.9. The zero-order valence-corrected chi connectivity index (χ0v) is 23.2. The minimum Gasteiger partial charge on any atom is -0.488 e. The summed E-state index contributed by atoms with van der Waals surface area (Å²) in [4.78, 5) is 25.8. The van der Waals surface area contributed by atoms with Gasteiger partial charge in [0, 0.05) is 12.0 Å². The van der Waals surface area contributed by atoms with Gasteiger partial charge in [0.15, 0.2) is 0 Å². The van der Waals surface area contributed by atoms with E-state index >= 15 is 0 Å². The molecule has 0 aliphatic carbocycles. The number of benzene rings is 3. The first-order valence-corrected chi connectivity index (χ1v) is 13.7. The number of alkyl carbamates (subject to hydrolysis) is 1. The number of carbonyl (C=O) groups excluding carboxylic acids is 2. The highest BCUT2D eigenvalue weighted by molar-refractivity contribution is 7.08. The SMILES string of the molecule is CC(C)(C)OC(=O)N[C@@H](Cc1ccc(OCc2ccccc2)c(-c2ccsc2)c1)C(=O)OCc1ccccc1. The molecule has 4 rings (SSSR count). The van der Waals surface area contributed by atoms with Gasteiger partial charge in [0.2, 0.25) is 0 Å². The van der Waals surface area contributed by atoms with E-state index in [0.29, 0.717) is 6.61 Å². The van der Waals surface area contributed by atoms with Crippen molar-refractivity contribution in [3.63, 3.8) is 0 Å². The van der Waals surface area contributed by atoms with Crippen LogP contribution >= 0.6 is 11.3 Å². The van der Waals surface area contributed by atoms with Crippen molar-refractivity contribution in [2.24, 2.45) is 0 Å². The maximum Gasteiger partial charge on any atom is 0.408 e. The average Bonchev–Trinajstić information content (AvgIpc) is 3.46. The van der Waals surface area contributed by atoms with Gasteiger partial charge in [-0.2, -0.15) is 11.3 Å². The molecule has 39 heavy (non-hydrogen) atoms. The van der Waals surface area contributed by atoms with E-state index in [1.807, 2.05) is 90.3 Å². The van der Waals surface area contributed by atoms with Crippen molar-refractivity contribution in [1.82, 2.24) is 5.32 Å². The van der Waals surface area contributed by atoms with E-state index in [-0.39, 0.29) is 13.0 Å². The Hall–Kier alpha value is -4.10. The molecule has 0 radical (unpaired) electrons. The van der Waals surface area contributed by atoms with Gasteiger partial charge in [0.1, 0.15) is 30.6 Å². The summed E-state index contributed by atoms with van der Waals surface area (Å²) < 4.78 is 17.2. The second-order valence-corrected chi connectivity index (χ2v) is 10.9. The average molecular weight is 544 g/mol. The summed E-state index contributed by atoms with van der Waals surface area (Å²) >= 11 is 1.60. The van der Waals surface area contributed by atoms with Gasteiger partial charge in [-0.25, -0.2) is 9.59 Å². The molecule has 0 fully saturated rings. The third-order valence-electron chi connectivity index (χ3n) is 5.75. The van der Waals surface area contributed by atoms with Gasteiger partial charge < -0.3 is 19.5 Å². The molecule has 202 valence electrons. The van der Waals surface area contributed by atoms with Crippen LogP contribution in [-0.2, 0) is 33.9 Å². The Balaban J connectivity index is 1.54. The fraction of sp³-hybridized carbons (Fsp3) is 0.250. The van der Waals surface area contributed by atoms with E-state index < -0.39 is 23.7 Å². The van der Waals surface area contributed by atoms with E-state index in [4.69, 9.17) is 14.2 Å². The monoisotopic (exact) mass is 543 g/mol. The van der Waals surface area contributed by atoms with Crippen molar-refractivity contribution >= 4 is 23.4 Å². The molecule has 3 aromatic carbocycles. The Bertz CT molecular complexity index is 1350. The number of hydrogen-bond donors (Lipinski definition) is 1. The van der Waals surface area contributed by atoms with Gasteiger partial charge in [-0.1, -0.05) is 66.7 Å². The number of ether oxygens (including phenoxy) is 3. The molecule has 0 saturated carbocycles. The predicted molar refractivity (Wildman–Crippen MR) is 154 cm³/mol. The topological polar surface area (TPSA) is 73.9 Å². The molecule has 1 N–H and O–H groups in total. The Morgan fingerprint density at radius 1 is 0.846 bits per heavy atom. The number of carbonyl (C=O) groups is 2. The number of thiophene rings is 1. The van der Waals surface area contributed by atoms with Gasteiger partial charge in [0.05, 0.1) is 0 Å². The third-order valence-corrected chi connectivity index (χ3v) is 6.44. The standard InChI is InChI=1S/C32H33NO5S/c1-32(2,3)38-31(35)33-28(30(34)37-21-24-12-8-5-9-13-24)19-25-14-15-29(27(18-25)26-16-17-39-22-26)36-20-23-10-6-4-7-11-23/h4-18,22,28H,19-21H2,1-3H3,(H,33,35)/t28-/m0/s1. The van der Waals surface area contributed by atoms with Gasteiger partial charge in [-0.05, 0) is 72.0 Å². The van der Waals surface area contributed by atoms with Crippen molar-refractivity contribution in [3.05, 3.63) is 112 Å². The largest absolute Gasteiger partial charge is 0.488 e. The van der Waals surface area contributed by atoms with Crippen molar-refractivity contribution in [3.8, 4) is 16.9 Å². The fourth-order valence-electron chi connectivity index (χ4n) is 3.92. The molecule has 6 nitrogen and oxygen atoms in total. The molecule has 1 amide bonds. The maximum atomic E-state index is 13.1. The Morgan fingerprint density at radius 2 is 1.51 bits per heavy atom. The maximum absolute atomic E-state index is 13.1. The number of hydrogen-bond acceptors (Lipinski definition) is 6. The predicted octanol–water partition coefficient (Wildman–Crippen LogP) is 7.17. The van der Waals surface area contributed by atoms with Crippen molar-refractivity contribution in [2.45, 2.75) is 52.0 Å². The number of esters is 1. The highest BCUT2D eigenvalue weighted by atomic mass is 32.1. The van der Waals surface area contributed by atoms with Crippen LogP contribution < -0.4 is 10.1 Å². The number of nitrogens with one attached hydrogen (secondary N) is 1. The number of amides is 1. The van der Waals surface area contributed by atoms with Crippen LogP contribution in [0.2, 0.25) is 0 Å². The lowest BCUT2D eigenvalue weighted by Crippen LogP contribution is -2.45. The summed E-state index contributed by atoms with van der Waals surface area (Å²) in [7, 11) is 0. The van der Waals surface area contributed by atoms with E-state index in [2.05, 4.69) is 10.7 Å². The van der Waals surface area contributed by atoms with E-state index in [1.54, 1.807) is 32.1 Å². The van der Waals surface area contributed by atoms with Gasteiger partial charge in [-0.15, -0.1) is 0 Å². The summed E-state index contributed by atoms with van der Waals surface area (Å²) in [5, 5.41) is 6.77. The lowest BCUT2D eigenvalue weighted by atomic mass is 10.00. The first kappa shape index (κ1) is 27.9. The highest BCUT2D eigenvalue weighted by Gasteiger charge is 2.26. The molecule has 1 heterocycles. The molecular weight excluding hydrogens is 510 g/mol. The molecule has 0 aliphatic rings. The molecule has 7 heteroatoms. The Kier molecular flexibility index (Phi) is 9.39. The van der Waals surface area contributed by atoms with Gasteiger partial charge >= 0.3 is 12.1 Å². The molecule has 0 bridgehead atoms. The van der Waals surface area contributed by atoms with Crippen LogP contribution in [0.25, 0.3) is 11.1 Å². The molecule has 1 aromatic heterocycles. The molecule has 0 spiro atoms. The zero-order chi connectivity index (χ0) is 27.7. The van der Waals surface area contributed by atoms with Crippen molar-refractivity contribution in [1.29, 1.82) is 0 Å². The van der Waals surface area contributed by atoms with Crippen molar-refractivity contribution < 1.29 is 23.8 Å². The Labute approximate surface area is 233 Å². The van der Waals surface area contributed by atoms with Crippen LogP contribution in [0.1, 0.15) is 37.5 Å². The van der Waals surface area contributed by atoms with Gasteiger partial charge in [-0.3, -0.25) is 0 Å². The smallest absolute Gasteiger partial charge is 0.408 e. The summed E-state index contributed by atoms with van der Waals surface area (Å²) in [6, 6.07) is 26.3. The number of rotatable bonds is 10. The van der Waals surface area contributed by atoms with E-state index in [1.165, 1.54) is 0 Å². The molecule has 0 unspecified atom stereocenters. The quantitative estimate of drug-likeness (QED) is 0.215. The van der Waals surface area contributed by atoms with E-state index in [0.717, 1.165) is 33.6 Å². The zero-order valence-electron chi connectivity index (χ0n) is 22.4. The molecular formula is C32H33NO5S. The molecule has 4 aromatic rings. The molecule has 1 atom stereocenters. The lowest BCUT2D eigenvalue weighted by molar-refractivity contribution is -0.147. The summed E-state index contributed by atoms with van der Waals surface area (Å²) in [5.41, 5.74) is 4.02. The Morgan fingerprint density at radius 3 is 2.13 bits per heavy atom. The second-order valence-electron chi connectivity index (χ2n) is 10.1. The van der Waals surface area contributed by atoms with E-state index in [9.17, 15) is 9.59 Å². The first-order valence-electron chi connectivity index (χ1n) is 12.8. The first-order chi connectivity index (χ1) is 18.8. The van der Waals surface area contributed by atoms with Gasteiger partial charge in [0.25, 0.3) is 0 Å². The van der Waals surface area contributed by atoms with Crippen LogP contribution in [0.15, 0.2) is 95.7 Å². The summed E-state index contributed by atoms with van der Waals surface area (Å²) in [6.07, 6.45) is -0.451. The summed E-state index contributed by atoms with van der Waals surface area (Å²) in [6.45, 7) is 5.87. The highest BCUT2D eigenvalue weighted by Crippen LogP contribution is 2.33. The minimum atomic E-state index is -0.935. The fourth-order valence-corrected chi connectivity index (χ4v) is 4.57. The minimum absolute atomic E-state index is 0.110. The van der Waals surface area contributed by atoms with Crippen LogP contribution in [0.5, 0.6) is 5.75 Å². The lowest BCUT2D eigenvalue weighted by Gasteiger charge is -2.23. The molecule has 0 saturated heterocycles. The summed E-state index contributed by atoms with van der Waals surface area (Å²) in [5.74, 6) is 0.204. The molecule has 0 aliphatic heterocycles. The van der Waals surface area contributed by atoms with Crippen molar-refractivity contribution in [2.75, 3.05) is 0 Å². The third kappa shape index (κ3) is 8.72. The van der Waals surface area contributed by atoms with Crippen LogP contribution in [0.4, 0.5) is 4.79 Å². The second kappa shape index (κ2) is 13.1.